The molecule has 21 heavy (non-hydrogen) atoms. The second-order valence-electron chi connectivity index (χ2n) is 6.19. The molecule has 0 amide bonds. The van der Waals surface area contributed by atoms with Gasteiger partial charge in [-0.15, -0.1) is 0 Å². The molecule has 1 fully saturated rings. The fourth-order valence-electron chi connectivity index (χ4n) is 3.52. The number of nitrogens with zero attached hydrogens (tertiary/aromatic N) is 1. The molecule has 116 valence electrons. The largest absolute Gasteiger partial charge is 0.486 e. The maximum Gasteiger partial charge on any atom is 0.161 e. The van der Waals surface area contributed by atoms with Crippen molar-refractivity contribution >= 4 is 0 Å². The van der Waals surface area contributed by atoms with Crippen molar-refractivity contribution in [3.8, 4) is 11.5 Å². The van der Waals surface area contributed by atoms with E-state index >= 15 is 0 Å². The van der Waals surface area contributed by atoms with Crippen LogP contribution in [-0.4, -0.2) is 36.7 Å². The smallest absolute Gasteiger partial charge is 0.161 e. The van der Waals surface area contributed by atoms with Gasteiger partial charge in [0.15, 0.2) is 11.5 Å². The quantitative estimate of drug-likeness (QED) is 0.926. The van der Waals surface area contributed by atoms with Crippen LogP contribution in [0.5, 0.6) is 11.5 Å². The standard InChI is InChI=1S/C17H26N2O2/c1-3-14-6-4-12(2)19(14)11-15(18)13-5-7-16-17(10-13)21-9-8-20-16/h5,7,10,12,14-15H,3-4,6,8-9,11,18H2,1-2H3. The molecular weight excluding hydrogens is 264 g/mol. The van der Waals surface area contributed by atoms with Crippen LogP contribution in [0.2, 0.25) is 0 Å². The van der Waals surface area contributed by atoms with Crippen molar-refractivity contribution in [1.82, 2.24) is 4.90 Å². The monoisotopic (exact) mass is 290 g/mol. The predicted octanol–water partition coefficient (Wildman–Crippen LogP) is 2.72. The number of benzene rings is 1. The number of fused-ring (bicyclic) bond motifs is 1. The van der Waals surface area contributed by atoms with Gasteiger partial charge in [-0.25, -0.2) is 0 Å². The predicted molar refractivity (Wildman–Crippen MR) is 83.8 cm³/mol. The van der Waals surface area contributed by atoms with Gasteiger partial charge in [-0.3, -0.25) is 4.90 Å². The van der Waals surface area contributed by atoms with E-state index in [1.54, 1.807) is 0 Å². The van der Waals surface area contributed by atoms with Crippen LogP contribution in [0.15, 0.2) is 18.2 Å². The van der Waals surface area contributed by atoms with Crippen molar-refractivity contribution in [1.29, 1.82) is 0 Å². The van der Waals surface area contributed by atoms with E-state index in [0.717, 1.165) is 23.6 Å². The molecule has 0 radical (unpaired) electrons. The second kappa shape index (κ2) is 6.24. The van der Waals surface area contributed by atoms with Crippen LogP contribution in [0.25, 0.3) is 0 Å². The van der Waals surface area contributed by atoms with Crippen molar-refractivity contribution < 1.29 is 9.47 Å². The zero-order valence-electron chi connectivity index (χ0n) is 13.0. The summed E-state index contributed by atoms with van der Waals surface area (Å²) in [6, 6.07) is 7.44. The molecule has 0 aromatic heterocycles. The molecule has 1 aromatic carbocycles. The highest BCUT2D eigenvalue weighted by atomic mass is 16.6. The lowest BCUT2D eigenvalue weighted by Gasteiger charge is -2.30. The Bertz CT molecular complexity index is 492. The normalized spacial score (nSPS) is 26.8. The lowest BCUT2D eigenvalue weighted by molar-refractivity contribution is 0.170. The van der Waals surface area contributed by atoms with Gasteiger partial charge in [0.05, 0.1) is 0 Å². The van der Waals surface area contributed by atoms with Gasteiger partial charge in [0.2, 0.25) is 0 Å². The van der Waals surface area contributed by atoms with Crippen molar-refractivity contribution in [2.75, 3.05) is 19.8 Å². The second-order valence-corrected chi connectivity index (χ2v) is 6.19. The molecule has 2 aliphatic heterocycles. The third kappa shape index (κ3) is 3.01. The topological polar surface area (TPSA) is 47.7 Å². The first-order chi connectivity index (χ1) is 10.2. The van der Waals surface area contributed by atoms with Crippen LogP contribution in [0.3, 0.4) is 0 Å². The minimum Gasteiger partial charge on any atom is -0.486 e. The first kappa shape index (κ1) is 14.7. The van der Waals surface area contributed by atoms with Crippen LogP contribution in [0, 0.1) is 0 Å². The summed E-state index contributed by atoms with van der Waals surface area (Å²) in [7, 11) is 0. The molecule has 4 heteroatoms. The van der Waals surface area contributed by atoms with Crippen molar-refractivity contribution in [3.05, 3.63) is 23.8 Å². The Morgan fingerprint density at radius 1 is 1.24 bits per heavy atom. The summed E-state index contributed by atoms with van der Waals surface area (Å²) in [5, 5.41) is 0. The van der Waals surface area contributed by atoms with Crippen LogP contribution in [-0.2, 0) is 0 Å². The maximum atomic E-state index is 6.45. The molecule has 2 N–H and O–H groups in total. The number of nitrogens with two attached hydrogens (primary N) is 1. The van der Waals surface area contributed by atoms with E-state index < -0.39 is 0 Å². The van der Waals surface area contributed by atoms with E-state index in [-0.39, 0.29) is 6.04 Å². The zero-order chi connectivity index (χ0) is 14.8. The first-order valence-electron chi connectivity index (χ1n) is 8.10. The van der Waals surface area contributed by atoms with Gasteiger partial charge in [0.1, 0.15) is 13.2 Å². The Hall–Kier alpha value is -1.26. The minimum atomic E-state index is 0.0235. The molecule has 2 heterocycles. The lowest BCUT2D eigenvalue weighted by atomic mass is 10.0. The fourth-order valence-corrected chi connectivity index (χ4v) is 3.52. The van der Waals surface area contributed by atoms with Crippen molar-refractivity contribution in [3.63, 3.8) is 0 Å². The van der Waals surface area contributed by atoms with E-state index in [1.807, 2.05) is 12.1 Å². The van der Waals surface area contributed by atoms with Gasteiger partial charge in [-0.05, 0) is 43.9 Å². The van der Waals surface area contributed by atoms with Crippen LogP contribution in [0.4, 0.5) is 0 Å². The number of ether oxygens (including phenoxy) is 2. The highest BCUT2D eigenvalue weighted by Gasteiger charge is 2.30. The van der Waals surface area contributed by atoms with Crippen LogP contribution >= 0.6 is 0 Å². The molecule has 0 aliphatic carbocycles. The SMILES string of the molecule is CCC1CCC(C)N1CC(N)c1ccc2c(c1)OCCO2. The zero-order valence-corrected chi connectivity index (χ0v) is 13.0. The van der Waals surface area contributed by atoms with Gasteiger partial charge in [0.25, 0.3) is 0 Å². The summed E-state index contributed by atoms with van der Waals surface area (Å²) in [5.41, 5.74) is 7.58. The summed E-state index contributed by atoms with van der Waals surface area (Å²) in [6.45, 7) is 6.74. The molecule has 2 aliphatic rings. The highest BCUT2D eigenvalue weighted by molar-refractivity contribution is 5.44. The number of hydrogen-bond acceptors (Lipinski definition) is 4. The Kier molecular flexibility index (Phi) is 4.36. The molecule has 3 atom stereocenters. The summed E-state index contributed by atoms with van der Waals surface area (Å²) in [6.07, 6.45) is 3.79. The van der Waals surface area contributed by atoms with E-state index in [1.165, 1.54) is 19.3 Å². The van der Waals surface area contributed by atoms with Gasteiger partial charge < -0.3 is 15.2 Å². The van der Waals surface area contributed by atoms with Gasteiger partial charge in [-0.2, -0.15) is 0 Å². The number of likely N-dealkylation sites (tertiary alicyclic amines) is 1. The summed E-state index contributed by atoms with van der Waals surface area (Å²) < 4.78 is 11.2. The molecule has 0 saturated carbocycles. The van der Waals surface area contributed by atoms with Crippen molar-refractivity contribution in [2.24, 2.45) is 5.73 Å². The lowest BCUT2D eigenvalue weighted by Crippen LogP contribution is -2.39. The summed E-state index contributed by atoms with van der Waals surface area (Å²) in [5.74, 6) is 1.66. The Balaban J connectivity index is 1.71. The maximum absolute atomic E-state index is 6.45. The summed E-state index contributed by atoms with van der Waals surface area (Å²) in [4.78, 5) is 2.57. The third-order valence-corrected chi connectivity index (χ3v) is 4.83. The Morgan fingerprint density at radius 3 is 2.76 bits per heavy atom. The van der Waals surface area contributed by atoms with E-state index in [4.69, 9.17) is 15.2 Å². The van der Waals surface area contributed by atoms with Gasteiger partial charge in [0, 0.05) is 24.7 Å². The van der Waals surface area contributed by atoms with E-state index in [9.17, 15) is 0 Å². The van der Waals surface area contributed by atoms with Gasteiger partial charge >= 0.3 is 0 Å². The number of hydrogen-bond donors (Lipinski definition) is 1. The van der Waals surface area contributed by atoms with E-state index in [2.05, 4.69) is 24.8 Å². The summed E-state index contributed by atoms with van der Waals surface area (Å²) >= 11 is 0. The molecular formula is C17H26N2O2. The molecule has 3 unspecified atom stereocenters. The van der Waals surface area contributed by atoms with Crippen LogP contribution in [0.1, 0.15) is 44.7 Å². The molecule has 0 bridgehead atoms. The molecule has 1 saturated heterocycles. The molecule has 3 rings (SSSR count). The highest BCUT2D eigenvalue weighted by Crippen LogP contribution is 2.33. The van der Waals surface area contributed by atoms with Crippen molar-refractivity contribution in [2.45, 2.75) is 51.2 Å². The van der Waals surface area contributed by atoms with Crippen LogP contribution < -0.4 is 15.2 Å². The molecule has 4 nitrogen and oxygen atoms in total. The first-order valence-corrected chi connectivity index (χ1v) is 8.10. The number of rotatable bonds is 4. The Morgan fingerprint density at radius 2 is 2.00 bits per heavy atom. The average molecular weight is 290 g/mol. The fraction of sp³-hybridized carbons (Fsp3) is 0.647. The minimum absolute atomic E-state index is 0.0235. The average Bonchev–Trinajstić information content (AvgIpc) is 2.87. The molecule has 1 aromatic rings. The van der Waals surface area contributed by atoms with Gasteiger partial charge in [-0.1, -0.05) is 13.0 Å². The Labute approximate surface area is 127 Å². The van der Waals surface area contributed by atoms with E-state index in [0.29, 0.717) is 25.3 Å². The molecule has 0 spiro atoms. The third-order valence-electron chi connectivity index (χ3n) is 4.83.